The van der Waals surface area contributed by atoms with Crippen molar-refractivity contribution >= 4 is 15.6 Å². The molecule has 3 rings (SSSR count). The highest BCUT2D eigenvalue weighted by Gasteiger charge is 2.15. The summed E-state index contributed by atoms with van der Waals surface area (Å²) in [5.74, 6) is 0.871. The van der Waals surface area contributed by atoms with Gasteiger partial charge in [-0.3, -0.25) is 4.79 Å². The van der Waals surface area contributed by atoms with E-state index in [0.717, 1.165) is 6.26 Å². The number of nitrogens with zero attached hydrogens (tertiary/aromatic N) is 2. The van der Waals surface area contributed by atoms with Crippen molar-refractivity contribution in [3.05, 3.63) is 66.5 Å². The summed E-state index contributed by atoms with van der Waals surface area (Å²) in [7, 11) is -3.30. The van der Waals surface area contributed by atoms with E-state index in [-0.39, 0.29) is 22.6 Å². The first-order chi connectivity index (χ1) is 13.7. The van der Waals surface area contributed by atoms with Crippen LogP contribution in [0.25, 0.3) is 0 Å². The minimum absolute atomic E-state index is 0.0679. The van der Waals surface area contributed by atoms with E-state index >= 15 is 0 Å². The Morgan fingerprint density at radius 3 is 2.03 bits per heavy atom. The number of carbonyl (C=O) groups excluding carboxylic acids is 1. The third-order valence-electron chi connectivity index (χ3n) is 3.93. The molecule has 8 heteroatoms. The second-order valence-corrected chi connectivity index (χ2v) is 8.71. The Balaban J connectivity index is 1.93. The molecule has 0 bridgehead atoms. The van der Waals surface area contributed by atoms with Gasteiger partial charge in [-0.05, 0) is 42.5 Å². The molecule has 0 spiro atoms. The average Bonchev–Trinajstić information content (AvgIpc) is 2.67. The Hall–Kier alpha value is -3.26. The van der Waals surface area contributed by atoms with Crippen LogP contribution in [0.3, 0.4) is 0 Å². The minimum Gasteiger partial charge on any atom is -0.457 e. The lowest BCUT2D eigenvalue weighted by molar-refractivity contribution is 0.0938. The minimum atomic E-state index is -3.30. The van der Waals surface area contributed by atoms with Gasteiger partial charge in [-0.1, -0.05) is 13.8 Å². The first-order valence-corrected chi connectivity index (χ1v) is 10.7. The second-order valence-electron chi connectivity index (χ2n) is 6.69. The number of Topliss-reactive ketones (excluding diaryl/α,β-unsaturated/α-hetero) is 1. The highest BCUT2D eigenvalue weighted by atomic mass is 32.2. The molecule has 1 aromatic heterocycles. The van der Waals surface area contributed by atoms with Crippen LogP contribution in [0.2, 0.25) is 0 Å². The molecule has 0 radical (unpaired) electrons. The van der Waals surface area contributed by atoms with Gasteiger partial charge in [0.2, 0.25) is 0 Å². The molecule has 150 valence electrons. The maximum Gasteiger partial charge on any atom is 0.321 e. The topological polar surface area (TPSA) is 95.5 Å². The normalized spacial score (nSPS) is 11.3. The van der Waals surface area contributed by atoms with Gasteiger partial charge in [-0.15, -0.1) is 0 Å². The summed E-state index contributed by atoms with van der Waals surface area (Å²) in [6.07, 6.45) is 4.23. The van der Waals surface area contributed by atoms with Crippen LogP contribution >= 0.6 is 0 Å². The molecule has 0 atom stereocenters. The number of ether oxygens (including phenoxy) is 2. The number of sulfone groups is 1. The largest absolute Gasteiger partial charge is 0.457 e. The SMILES string of the molecule is CC(C)C(=O)c1cc(Oc2ccc(S(C)(=O)=O)cc2)cc(Oc2ncccn2)c1. The number of rotatable bonds is 7. The number of aromatic nitrogens is 2. The van der Waals surface area contributed by atoms with E-state index in [4.69, 9.17) is 9.47 Å². The molecule has 29 heavy (non-hydrogen) atoms. The fraction of sp³-hybridized carbons (Fsp3) is 0.190. The molecule has 0 N–H and O–H groups in total. The third kappa shape index (κ3) is 5.39. The van der Waals surface area contributed by atoms with E-state index in [1.165, 1.54) is 12.1 Å². The molecule has 0 aliphatic heterocycles. The summed E-state index contributed by atoms with van der Waals surface area (Å²) in [5, 5.41) is 0. The molecule has 3 aromatic rings. The lowest BCUT2D eigenvalue weighted by Crippen LogP contribution is -2.07. The quantitative estimate of drug-likeness (QED) is 0.534. The van der Waals surface area contributed by atoms with Gasteiger partial charge in [0.1, 0.15) is 17.2 Å². The number of ketones is 1. The Kier molecular flexibility index (Phi) is 5.93. The zero-order valence-corrected chi connectivity index (χ0v) is 17.0. The molecular formula is C21H20N2O5S. The van der Waals surface area contributed by atoms with E-state index in [1.54, 1.807) is 62.6 Å². The van der Waals surface area contributed by atoms with Crippen LogP contribution in [0.4, 0.5) is 0 Å². The number of hydrogen-bond donors (Lipinski definition) is 0. The summed E-state index contributed by atoms with van der Waals surface area (Å²) in [6, 6.07) is 12.7. The van der Waals surface area contributed by atoms with Crippen LogP contribution < -0.4 is 9.47 Å². The summed E-state index contributed by atoms with van der Waals surface area (Å²) in [4.78, 5) is 20.7. The first-order valence-electron chi connectivity index (χ1n) is 8.84. The molecule has 0 aliphatic rings. The van der Waals surface area contributed by atoms with Gasteiger partial charge < -0.3 is 9.47 Å². The van der Waals surface area contributed by atoms with Crippen molar-refractivity contribution in [2.24, 2.45) is 5.92 Å². The summed E-state index contributed by atoms with van der Waals surface area (Å²) < 4.78 is 34.7. The molecule has 0 fully saturated rings. The molecule has 0 aliphatic carbocycles. The lowest BCUT2D eigenvalue weighted by Gasteiger charge is -2.12. The van der Waals surface area contributed by atoms with Crippen molar-refractivity contribution in [1.29, 1.82) is 0 Å². The predicted octanol–water partition coefficient (Wildman–Crippen LogP) is 4.30. The van der Waals surface area contributed by atoms with Crippen molar-refractivity contribution in [3.63, 3.8) is 0 Å². The van der Waals surface area contributed by atoms with Crippen LogP contribution in [0.5, 0.6) is 23.3 Å². The molecule has 1 heterocycles. The monoisotopic (exact) mass is 412 g/mol. The Labute approximate surface area is 169 Å². The van der Waals surface area contributed by atoms with Gasteiger partial charge in [0.15, 0.2) is 15.6 Å². The summed E-state index contributed by atoms with van der Waals surface area (Å²) in [5.41, 5.74) is 0.427. The number of benzene rings is 2. The maximum absolute atomic E-state index is 12.5. The summed E-state index contributed by atoms with van der Waals surface area (Å²) >= 11 is 0. The van der Waals surface area contributed by atoms with E-state index in [0.29, 0.717) is 22.8 Å². The van der Waals surface area contributed by atoms with Gasteiger partial charge in [-0.25, -0.2) is 18.4 Å². The van der Waals surface area contributed by atoms with Gasteiger partial charge in [-0.2, -0.15) is 0 Å². The lowest BCUT2D eigenvalue weighted by atomic mass is 10.0. The molecule has 7 nitrogen and oxygen atoms in total. The van der Waals surface area contributed by atoms with E-state index in [1.807, 2.05) is 0 Å². The highest BCUT2D eigenvalue weighted by Crippen LogP contribution is 2.30. The van der Waals surface area contributed by atoms with Crippen LogP contribution in [0, 0.1) is 5.92 Å². The smallest absolute Gasteiger partial charge is 0.321 e. The van der Waals surface area contributed by atoms with Gasteiger partial charge in [0.05, 0.1) is 4.90 Å². The van der Waals surface area contributed by atoms with Crippen molar-refractivity contribution in [2.45, 2.75) is 18.7 Å². The van der Waals surface area contributed by atoms with Crippen LogP contribution in [0.1, 0.15) is 24.2 Å². The van der Waals surface area contributed by atoms with Gasteiger partial charge in [0.25, 0.3) is 0 Å². The van der Waals surface area contributed by atoms with E-state index in [2.05, 4.69) is 9.97 Å². The first kappa shape index (κ1) is 20.5. The molecule has 0 unspecified atom stereocenters. The molecule has 0 saturated carbocycles. The Bertz CT molecular complexity index is 1110. The van der Waals surface area contributed by atoms with Crippen molar-refractivity contribution in [3.8, 4) is 23.3 Å². The van der Waals surface area contributed by atoms with E-state index < -0.39 is 9.84 Å². The standard InChI is InChI=1S/C21H20N2O5S/c1-14(2)20(24)15-11-17(13-18(12-15)28-21-22-9-4-10-23-21)27-16-5-7-19(8-6-16)29(3,25)26/h4-14H,1-3H3. The number of carbonyl (C=O) groups is 1. The molecule has 0 amide bonds. The Morgan fingerprint density at radius 2 is 1.48 bits per heavy atom. The maximum atomic E-state index is 12.5. The molecule has 2 aromatic carbocycles. The summed E-state index contributed by atoms with van der Waals surface area (Å²) in [6.45, 7) is 3.61. The molecular weight excluding hydrogens is 392 g/mol. The van der Waals surface area contributed by atoms with Crippen molar-refractivity contribution < 1.29 is 22.7 Å². The van der Waals surface area contributed by atoms with E-state index in [9.17, 15) is 13.2 Å². The van der Waals surface area contributed by atoms with Crippen LogP contribution in [-0.2, 0) is 9.84 Å². The van der Waals surface area contributed by atoms with Crippen molar-refractivity contribution in [1.82, 2.24) is 9.97 Å². The fourth-order valence-electron chi connectivity index (χ4n) is 2.50. The zero-order valence-electron chi connectivity index (χ0n) is 16.2. The predicted molar refractivity (Wildman–Crippen MR) is 107 cm³/mol. The molecule has 0 saturated heterocycles. The third-order valence-corrected chi connectivity index (χ3v) is 5.06. The second kappa shape index (κ2) is 8.40. The van der Waals surface area contributed by atoms with Gasteiger partial charge in [0, 0.05) is 36.2 Å². The number of hydrogen-bond acceptors (Lipinski definition) is 7. The van der Waals surface area contributed by atoms with Crippen LogP contribution in [-0.4, -0.2) is 30.4 Å². The van der Waals surface area contributed by atoms with Gasteiger partial charge >= 0.3 is 6.01 Å². The average molecular weight is 412 g/mol. The Morgan fingerprint density at radius 1 is 0.897 bits per heavy atom. The highest BCUT2D eigenvalue weighted by molar-refractivity contribution is 7.90. The van der Waals surface area contributed by atoms with Crippen molar-refractivity contribution in [2.75, 3.05) is 6.26 Å². The van der Waals surface area contributed by atoms with Crippen LogP contribution in [0.15, 0.2) is 65.8 Å². The zero-order chi connectivity index (χ0) is 21.0. The fourth-order valence-corrected chi connectivity index (χ4v) is 3.13.